The van der Waals surface area contributed by atoms with Crippen molar-refractivity contribution in [2.45, 2.75) is 57.5 Å². The summed E-state index contributed by atoms with van der Waals surface area (Å²) in [5.74, 6) is -0.674. The van der Waals surface area contributed by atoms with Crippen molar-refractivity contribution in [3.8, 4) is 0 Å². The molecule has 1 aromatic carbocycles. The number of rotatable bonds is 6. The normalized spacial score (nSPS) is 19.6. The van der Waals surface area contributed by atoms with E-state index in [0.717, 1.165) is 23.3 Å². The second kappa shape index (κ2) is 7.66. The molecule has 1 atom stereocenters. The van der Waals surface area contributed by atoms with E-state index in [1.54, 1.807) is 12.1 Å². The van der Waals surface area contributed by atoms with Crippen LogP contribution in [0.15, 0.2) is 24.3 Å². The number of carbonyl (C=O) groups excluding carboxylic acids is 3. The molecule has 0 radical (unpaired) electrons. The molecule has 4 amide bonds. The van der Waals surface area contributed by atoms with E-state index in [9.17, 15) is 18.8 Å². The number of amides is 4. The summed E-state index contributed by atoms with van der Waals surface area (Å²) in [4.78, 5) is 38.4. The highest BCUT2D eigenvalue weighted by atomic mass is 19.1. The van der Waals surface area contributed by atoms with Crippen molar-refractivity contribution in [2.24, 2.45) is 5.92 Å². The summed E-state index contributed by atoms with van der Waals surface area (Å²) < 4.78 is 13.1. The number of imide groups is 1. The van der Waals surface area contributed by atoms with Gasteiger partial charge < -0.3 is 10.6 Å². The molecule has 7 heteroatoms. The maximum Gasteiger partial charge on any atom is 0.325 e. The zero-order valence-electron chi connectivity index (χ0n) is 15.8. The molecule has 0 bridgehead atoms. The highest BCUT2D eigenvalue weighted by molar-refractivity contribution is 6.07. The number of hydrogen-bond donors (Lipinski definition) is 2. The van der Waals surface area contributed by atoms with E-state index >= 15 is 0 Å². The minimum atomic E-state index is -0.748. The van der Waals surface area contributed by atoms with Crippen LogP contribution in [0.2, 0.25) is 0 Å². The van der Waals surface area contributed by atoms with E-state index in [0.29, 0.717) is 12.8 Å². The van der Waals surface area contributed by atoms with Crippen molar-refractivity contribution in [2.75, 3.05) is 6.54 Å². The fourth-order valence-corrected chi connectivity index (χ4v) is 3.96. The Morgan fingerprint density at radius 2 is 1.85 bits per heavy atom. The van der Waals surface area contributed by atoms with Crippen molar-refractivity contribution in [3.63, 3.8) is 0 Å². The Morgan fingerprint density at radius 3 is 2.44 bits per heavy atom. The van der Waals surface area contributed by atoms with Crippen LogP contribution < -0.4 is 10.6 Å². The van der Waals surface area contributed by atoms with Crippen molar-refractivity contribution in [3.05, 3.63) is 35.6 Å². The molecule has 1 unspecified atom stereocenters. The molecule has 2 aliphatic rings. The molecule has 6 nitrogen and oxygen atoms in total. The zero-order valence-corrected chi connectivity index (χ0v) is 15.8. The Bertz CT molecular complexity index is 726. The smallest absolute Gasteiger partial charge is 0.325 e. The summed E-state index contributed by atoms with van der Waals surface area (Å²) in [7, 11) is 0. The Hall–Kier alpha value is -2.44. The van der Waals surface area contributed by atoms with Crippen molar-refractivity contribution >= 4 is 17.8 Å². The summed E-state index contributed by atoms with van der Waals surface area (Å²) in [6, 6.07) is 5.37. The highest BCUT2D eigenvalue weighted by Gasteiger charge is 2.52. The summed E-state index contributed by atoms with van der Waals surface area (Å²) >= 11 is 0. The molecule has 1 saturated heterocycles. The third-order valence-corrected chi connectivity index (χ3v) is 5.48. The fourth-order valence-electron chi connectivity index (χ4n) is 3.96. The Morgan fingerprint density at radius 1 is 1.22 bits per heavy atom. The lowest BCUT2D eigenvalue weighted by atomic mass is 9.96. The molecule has 27 heavy (non-hydrogen) atoms. The lowest BCUT2D eigenvalue weighted by molar-refractivity contribution is -0.131. The van der Waals surface area contributed by atoms with Gasteiger partial charge in [-0.25, -0.2) is 9.18 Å². The Labute approximate surface area is 158 Å². The molecule has 1 aliphatic heterocycles. The number of hydrogen-bond acceptors (Lipinski definition) is 3. The Balaban J connectivity index is 1.59. The molecule has 1 saturated carbocycles. The average molecular weight is 375 g/mol. The quantitative estimate of drug-likeness (QED) is 0.751. The van der Waals surface area contributed by atoms with Crippen LogP contribution in [0.4, 0.5) is 9.18 Å². The van der Waals surface area contributed by atoms with E-state index in [2.05, 4.69) is 10.6 Å². The molecular weight excluding hydrogens is 349 g/mol. The first-order chi connectivity index (χ1) is 12.8. The molecule has 2 N–H and O–H groups in total. The lowest BCUT2D eigenvalue weighted by Gasteiger charge is -2.24. The molecule has 1 aliphatic carbocycles. The SMILES string of the molecule is CC(C)C(NC(=O)CCN1C(=O)NC2(CCCC2)C1=O)c1ccc(F)cc1. The number of benzene rings is 1. The summed E-state index contributed by atoms with van der Waals surface area (Å²) in [5.41, 5.74) is 0.0712. The molecule has 3 rings (SSSR count). The number of nitrogens with zero attached hydrogens (tertiary/aromatic N) is 1. The van der Waals surface area contributed by atoms with Crippen LogP contribution in [-0.2, 0) is 9.59 Å². The maximum atomic E-state index is 13.1. The Kier molecular flexibility index (Phi) is 5.48. The topological polar surface area (TPSA) is 78.5 Å². The van der Waals surface area contributed by atoms with E-state index in [4.69, 9.17) is 0 Å². The van der Waals surface area contributed by atoms with Crippen LogP contribution in [0.3, 0.4) is 0 Å². The third kappa shape index (κ3) is 3.96. The van der Waals surface area contributed by atoms with Gasteiger partial charge in [-0.05, 0) is 36.5 Å². The second-order valence-corrected chi connectivity index (χ2v) is 7.77. The first kappa shape index (κ1) is 19.3. The molecule has 1 spiro atoms. The molecule has 1 aromatic rings. The van der Waals surface area contributed by atoms with Crippen LogP contribution in [0, 0.1) is 11.7 Å². The average Bonchev–Trinajstić information content (AvgIpc) is 3.18. The number of urea groups is 1. The number of nitrogens with one attached hydrogen (secondary N) is 2. The number of halogens is 1. The van der Waals surface area contributed by atoms with E-state index in [-0.39, 0.29) is 42.6 Å². The molecule has 1 heterocycles. The first-order valence-electron chi connectivity index (χ1n) is 9.51. The van der Waals surface area contributed by atoms with Crippen molar-refractivity contribution < 1.29 is 18.8 Å². The van der Waals surface area contributed by atoms with Crippen molar-refractivity contribution in [1.82, 2.24) is 15.5 Å². The monoisotopic (exact) mass is 375 g/mol. The fraction of sp³-hybridized carbons (Fsp3) is 0.550. The van der Waals surface area contributed by atoms with E-state index in [1.807, 2.05) is 13.8 Å². The molecular formula is C20H26FN3O3. The van der Waals surface area contributed by atoms with Crippen LogP contribution in [0.25, 0.3) is 0 Å². The first-order valence-corrected chi connectivity index (χ1v) is 9.51. The van der Waals surface area contributed by atoms with Crippen molar-refractivity contribution in [1.29, 1.82) is 0 Å². The van der Waals surface area contributed by atoms with Crippen LogP contribution in [0.5, 0.6) is 0 Å². The predicted octanol–water partition coefficient (Wildman–Crippen LogP) is 2.89. The van der Waals surface area contributed by atoms with Gasteiger partial charge in [-0.15, -0.1) is 0 Å². The van der Waals surface area contributed by atoms with Gasteiger partial charge in [0.25, 0.3) is 5.91 Å². The summed E-state index contributed by atoms with van der Waals surface area (Å²) in [6.07, 6.45) is 3.22. The van der Waals surface area contributed by atoms with Crippen LogP contribution in [-0.4, -0.2) is 34.8 Å². The zero-order chi connectivity index (χ0) is 19.6. The van der Waals surface area contributed by atoms with Gasteiger partial charge in [0.2, 0.25) is 5.91 Å². The third-order valence-electron chi connectivity index (χ3n) is 5.48. The van der Waals surface area contributed by atoms with Crippen LogP contribution >= 0.6 is 0 Å². The number of carbonyl (C=O) groups is 3. The van der Waals surface area contributed by atoms with Crippen LogP contribution in [0.1, 0.15) is 57.6 Å². The summed E-state index contributed by atoms with van der Waals surface area (Å²) in [6.45, 7) is 4.00. The summed E-state index contributed by atoms with van der Waals surface area (Å²) in [5, 5.41) is 5.75. The van der Waals surface area contributed by atoms with Gasteiger partial charge in [-0.2, -0.15) is 0 Å². The van der Waals surface area contributed by atoms with Gasteiger partial charge in [0.1, 0.15) is 11.4 Å². The lowest BCUT2D eigenvalue weighted by Crippen LogP contribution is -2.44. The molecule has 146 valence electrons. The minimum absolute atomic E-state index is 0.0413. The van der Waals surface area contributed by atoms with Gasteiger partial charge in [-0.1, -0.05) is 38.8 Å². The van der Waals surface area contributed by atoms with Gasteiger partial charge in [0.05, 0.1) is 6.04 Å². The highest BCUT2D eigenvalue weighted by Crippen LogP contribution is 2.35. The molecule has 2 fully saturated rings. The van der Waals surface area contributed by atoms with E-state index in [1.165, 1.54) is 12.1 Å². The van der Waals surface area contributed by atoms with E-state index < -0.39 is 11.6 Å². The van der Waals surface area contributed by atoms with Gasteiger partial charge in [-0.3, -0.25) is 14.5 Å². The van der Waals surface area contributed by atoms with Gasteiger partial charge >= 0.3 is 6.03 Å². The second-order valence-electron chi connectivity index (χ2n) is 7.77. The largest absolute Gasteiger partial charge is 0.349 e. The minimum Gasteiger partial charge on any atom is -0.349 e. The predicted molar refractivity (Wildman–Crippen MR) is 98.2 cm³/mol. The van der Waals surface area contributed by atoms with Gasteiger partial charge in [0.15, 0.2) is 0 Å². The standard InChI is InChI=1S/C20H26FN3O3/c1-13(2)17(14-5-7-15(21)8-6-14)22-16(25)9-12-24-18(26)20(23-19(24)27)10-3-4-11-20/h5-8,13,17H,3-4,9-12H2,1-2H3,(H,22,25)(H,23,27). The van der Waals surface area contributed by atoms with Gasteiger partial charge in [0, 0.05) is 13.0 Å². The molecule has 0 aromatic heterocycles. The maximum absolute atomic E-state index is 13.1.